The largest absolute Gasteiger partial charge is 0.496 e. The van der Waals surface area contributed by atoms with Crippen LogP contribution < -0.4 is 14.4 Å². The number of anilines is 1. The number of para-hydroxylation sites is 3. The van der Waals surface area contributed by atoms with Crippen molar-refractivity contribution < 1.29 is 19.1 Å². The van der Waals surface area contributed by atoms with Crippen molar-refractivity contribution in [1.82, 2.24) is 4.90 Å². The van der Waals surface area contributed by atoms with Gasteiger partial charge in [-0.1, -0.05) is 54.6 Å². The summed E-state index contributed by atoms with van der Waals surface area (Å²) < 4.78 is 11.7. The number of methoxy groups -OCH3 is 1. The van der Waals surface area contributed by atoms with Gasteiger partial charge in [0.15, 0.2) is 0 Å². The van der Waals surface area contributed by atoms with Crippen LogP contribution in [0.3, 0.4) is 0 Å². The predicted octanol–water partition coefficient (Wildman–Crippen LogP) is 3.90. The molecule has 2 aliphatic heterocycles. The second kappa shape index (κ2) is 8.38. The van der Waals surface area contributed by atoms with Gasteiger partial charge >= 0.3 is 0 Å². The molecule has 5 rings (SSSR count). The van der Waals surface area contributed by atoms with E-state index in [1.807, 2.05) is 60.7 Å². The zero-order valence-electron chi connectivity index (χ0n) is 17.8. The second-order valence-corrected chi connectivity index (χ2v) is 8.03. The molecule has 0 spiro atoms. The van der Waals surface area contributed by atoms with E-state index in [9.17, 15) is 9.59 Å². The van der Waals surface area contributed by atoms with Gasteiger partial charge in [-0.3, -0.25) is 9.59 Å². The topological polar surface area (TPSA) is 59.1 Å². The Kier molecular flexibility index (Phi) is 5.27. The predicted molar refractivity (Wildman–Crippen MR) is 121 cm³/mol. The molecule has 2 amide bonds. The molecular weight excluding hydrogens is 404 g/mol. The van der Waals surface area contributed by atoms with Crippen molar-refractivity contribution in [2.45, 2.75) is 25.1 Å². The van der Waals surface area contributed by atoms with Crippen LogP contribution in [0.4, 0.5) is 5.69 Å². The van der Waals surface area contributed by atoms with Crippen molar-refractivity contribution in [3.63, 3.8) is 0 Å². The minimum Gasteiger partial charge on any atom is -0.496 e. The number of hydrogen-bond donors (Lipinski definition) is 0. The number of likely N-dealkylation sites (tertiary alicyclic amines) is 1. The molecule has 0 N–H and O–H groups in total. The van der Waals surface area contributed by atoms with Gasteiger partial charge in [0, 0.05) is 6.42 Å². The summed E-state index contributed by atoms with van der Waals surface area (Å²) in [4.78, 5) is 30.7. The number of hydrogen-bond acceptors (Lipinski definition) is 4. The van der Waals surface area contributed by atoms with Crippen LogP contribution >= 0.6 is 0 Å². The highest BCUT2D eigenvalue weighted by molar-refractivity contribution is 6.04. The highest BCUT2D eigenvalue weighted by Crippen LogP contribution is 2.37. The van der Waals surface area contributed by atoms with Gasteiger partial charge in [-0.25, -0.2) is 0 Å². The first-order valence-electron chi connectivity index (χ1n) is 10.7. The van der Waals surface area contributed by atoms with Crippen LogP contribution in [0, 0.1) is 0 Å². The third-order valence-corrected chi connectivity index (χ3v) is 6.05. The summed E-state index contributed by atoms with van der Waals surface area (Å²) in [5.74, 6) is 0.826. The summed E-state index contributed by atoms with van der Waals surface area (Å²) in [6.45, 7) is 0.749. The Morgan fingerprint density at radius 2 is 1.72 bits per heavy atom. The molecule has 2 heterocycles. The van der Waals surface area contributed by atoms with Crippen LogP contribution in [0.15, 0.2) is 78.9 Å². The van der Waals surface area contributed by atoms with Gasteiger partial charge in [-0.15, -0.1) is 0 Å². The van der Waals surface area contributed by atoms with E-state index in [1.165, 1.54) is 7.11 Å². The zero-order chi connectivity index (χ0) is 22.1. The number of fused-ring (bicyclic) bond motifs is 3. The minimum absolute atomic E-state index is 0.102. The van der Waals surface area contributed by atoms with Crippen molar-refractivity contribution in [3.8, 4) is 11.5 Å². The average molecular weight is 428 g/mol. The first kappa shape index (κ1) is 20.1. The van der Waals surface area contributed by atoms with E-state index in [0.717, 1.165) is 11.3 Å². The lowest BCUT2D eigenvalue weighted by molar-refractivity contribution is -0.122. The van der Waals surface area contributed by atoms with Crippen molar-refractivity contribution in [1.29, 1.82) is 0 Å². The van der Waals surface area contributed by atoms with Gasteiger partial charge in [0.05, 0.1) is 31.5 Å². The lowest BCUT2D eigenvalue weighted by Gasteiger charge is -2.32. The molecule has 1 fully saturated rings. The molecule has 2 atom stereocenters. The minimum atomic E-state index is -0.602. The second-order valence-electron chi connectivity index (χ2n) is 8.03. The van der Waals surface area contributed by atoms with Crippen molar-refractivity contribution in [2.24, 2.45) is 0 Å². The number of ether oxygens (including phenoxy) is 2. The van der Waals surface area contributed by atoms with Crippen molar-refractivity contribution >= 4 is 17.5 Å². The fourth-order valence-electron chi connectivity index (χ4n) is 4.50. The number of benzene rings is 3. The zero-order valence-corrected chi connectivity index (χ0v) is 17.8. The summed E-state index contributed by atoms with van der Waals surface area (Å²) in [6, 6.07) is 23.9. The number of carbonyl (C=O) groups excluding carboxylic acids is 2. The van der Waals surface area contributed by atoms with Crippen molar-refractivity contribution in [3.05, 3.63) is 90.0 Å². The molecule has 2 aliphatic rings. The fraction of sp³-hybridized carbons (Fsp3) is 0.231. The normalized spacial score (nSPS) is 19.6. The Balaban J connectivity index is 1.53. The van der Waals surface area contributed by atoms with Crippen LogP contribution in [-0.4, -0.2) is 42.5 Å². The molecule has 0 aromatic heterocycles. The lowest BCUT2D eigenvalue weighted by Crippen LogP contribution is -2.48. The van der Waals surface area contributed by atoms with Gasteiger partial charge in [0.1, 0.15) is 23.6 Å². The Morgan fingerprint density at radius 1 is 1.00 bits per heavy atom. The number of amides is 2. The highest BCUT2D eigenvalue weighted by Gasteiger charge is 2.45. The first-order chi connectivity index (χ1) is 15.7. The molecule has 6 nitrogen and oxygen atoms in total. The standard InChI is InChI=1S/C26H24N2O4/c1-31-23-13-7-5-11-20(23)25(29)28-17-19-15-22(28)26(30)27(16-18-9-3-2-4-10-18)21-12-6-8-14-24(21)32-19/h2-14,19,22H,15-17H2,1H3. The lowest BCUT2D eigenvalue weighted by atomic mass is 10.1. The SMILES string of the molecule is COc1ccccc1C(=O)N1CC2CC1C(=O)N(Cc1ccccc1)c1ccccc1O2. The van der Waals surface area contributed by atoms with E-state index < -0.39 is 6.04 Å². The van der Waals surface area contributed by atoms with Crippen LogP contribution in [0.2, 0.25) is 0 Å². The molecular formula is C26H24N2O4. The van der Waals surface area contributed by atoms with Crippen LogP contribution in [-0.2, 0) is 11.3 Å². The van der Waals surface area contributed by atoms with Crippen LogP contribution in [0.5, 0.6) is 11.5 Å². The summed E-state index contributed by atoms with van der Waals surface area (Å²) >= 11 is 0. The van der Waals surface area contributed by atoms with E-state index in [-0.39, 0.29) is 17.9 Å². The maximum absolute atomic E-state index is 13.9. The number of rotatable bonds is 4. The highest BCUT2D eigenvalue weighted by atomic mass is 16.5. The third-order valence-electron chi connectivity index (χ3n) is 6.05. The molecule has 2 unspecified atom stereocenters. The maximum atomic E-state index is 13.9. The Morgan fingerprint density at radius 3 is 2.53 bits per heavy atom. The third kappa shape index (κ3) is 3.58. The molecule has 3 aromatic carbocycles. The van der Waals surface area contributed by atoms with E-state index >= 15 is 0 Å². The molecule has 0 saturated carbocycles. The molecule has 1 saturated heterocycles. The van der Waals surface area contributed by atoms with E-state index in [1.54, 1.807) is 28.0 Å². The van der Waals surface area contributed by atoms with Crippen molar-refractivity contribution in [2.75, 3.05) is 18.6 Å². The van der Waals surface area contributed by atoms with Crippen LogP contribution in [0.1, 0.15) is 22.3 Å². The monoisotopic (exact) mass is 428 g/mol. The fourth-order valence-corrected chi connectivity index (χ4v) is 4.50. The Bertz CT molecular complexity index is 1150. The Hall–Kier alpha value is -3.80. The molecule has 3 aromatic rings. The molecule has 0 aliphatic carbocycles. The molecule has 0 radical (unpaired) electrons. The first-order valence-corrected chi connectivity index (χ1v) is 10.7. The Labute approximate surface area is 187 Å². The molecule has 2 bridgehead atoms. The molecule has 6 heteroatoms. The van der Waals surface area contributed by atoms with E-state index in [0.29, 0.717) is 36.6 Å². The summed E-state index contributed by atoms with van der Waals surface area (Å²) in [6.07, 6.45) is 0.210. The summed E-state index contributed by atoms with van der Waals surface area (Å²) in [5.41, 5.74) is 2.18. The van der Waals surface area contributed by atoms with E-state index in [4.69, 9.17) is 9.47 Å². The summed E-state index contributed by atoms with van der Waals surface area (Å²) in [5, 5.41) is 0. The van der Waals surface area contributed by atoms with Gasteiger partial charge in [0.2, 0.25) is 5.91 Å². The number of carbonyl (C=O) groups is 2. The van der Waals surface area contributed by atoms with Crippen LogP contribution in [0.25, 0.3) is 0 Å². The summed E-state index contributed by atoms with van der Waals surface area (Å²) in [7, 11) is 1.54. The maximum Gasteiger partial charge on any atom is 0.258 e. The number of nitrogens with zero attached hydrogens (tertiary/aromatic N) is 2. The average Bonchev–Trinajstić information content (AvgIpc) is 3.27. The van der Waals surface area contributed by atoms with Gasteiger partial charge in [-0.2, -0.15) is 0 Å². The smallest absolute Gasteiger partial charge is 0.258 e. The van der Waals surface area contributed by atoms with Gasteiger partial charge < -0.3 is 19.3 Å². The molecule has 32 heavy (non-hydrogen) atoms. The molecule has 162 valence electrons. The van der Waals surface area contributed by atoms with Gasteiger partial charge in [0.25, 0.3) is 5.91 Å². The quantitative estimate of drug-likeness (QED) is 0.632. The van der Waals surface area contributed by atoms with Gasteiger partial charge in [-0.05, 0) is 29.8 Å². The van der Waals surface area contributed by atoms with E-state index in [2.05, 4.69) is 0 Å².